The molecule has 9 heteroatoms. The molecule has 1 N–H and O–H groups in total. The van der Waals surface area contributed by atoms with Crippen LogP contribution < -0.4 is 5.32 Å². The van der Waals surface area contributed by atoms with Crippen LogP contribution in [0.2, 0.25) is 0 Å². The zero-order chi connectivity index (χ0) is 21.2. The van der Waals surface area contributed by atoms with Gasteiger partial charge in [0.25, 0.3) is 0 Å². The van der Waals surface area contributed by atoms with Gasteiger partial charge >= 0.3 is 0 Å². The summed E-state index contributed by atoms with van der Waals surface area (Å²) in [5.74, 6) is 0.334. The second-order valence-electron chi connectivity index (χ2n) is 7.76. The van der Waals surface area contributed by atoms with Crippen molar-refractivity contribution >= 4 is 36.0 Å². The third-order valence-corrected chi connectivity index (χ3v) is 10.5. The van der Waals surface area contributed by atoms with Gasteiger partial charge < -0.3 is 5.32 Å². The van der Waals surface area contributed by atoms with Crippen molar-refractivity contribution in [3.63, 3.8) is 0 Å². The first-order valence-electron chi connectivity index (χ1n) is 9.97. The van der Waals surface area contributed by atoms with E-state index in [0.29, 0.717) is 17.3 Å². The molecule has 3 rings (SSSR count). The van der Waals surface area contributed by atoms with Gasteiger partial charge in [-0.15, -0.1) is 0 Å². The molecule has 1 aliphatic rings. The highest BCUT2D eigenvalue weighted by Gasteiger charge is 2.32. The maximum atomic E-state index is 13.3. The molecule has 1 heterocycles. The van der Waals surface area contributed by atoms with Gasteiger partial charge in [0.15, 0.2) is 5.03 Å². The Morgan fingerprint density at radius 1 is 1.10 bits per heavy atom. The van der Waals surface area contributed by atoms with Crippen LogP contribution >= 0.6 is 11.3 Å². The van der Waals surface area contributed by atoms with Crippen LogP contribution in [0, 0.1) is 12.8 Å². The molecule has 160 valence electrons. The second kappa shape index (κ2) is 8.73. The van der Waals surface area contributed by atoms with Crippen LogP contribution in [-0.4, -0.2) is 33.6 Å². The molecule has 0 spiro atoms. The molecule has 6 nitrogen and oxygen atoms in total. The Balaban J connectivity index is 2.08. The van der Waals surface area contributed by atoms with Gasteiger partial charge in [-0.1, -0.05) is 55.7 Å². The van der Waals surface area contributed by atoms with E-state index in [-0.39, 0.29) is 26.1 Å². The number of nitrogens with one attached hydrogen (secondary N) is 1. The molecule has 1 aromatic carbocycles. The quantitative estimate of drug-likeness (QED) is 0.661. The van der Waals surface area contributed by atoms with E-state index in [4.69, 9.17) is 0 Å². The number of hydrogen-bond acceptors (Lipinski definition) is 7. The molecule has 0 bridgehead atoms. The summed E-state index contributed by atoms with van der Waals surface area (Å²) in [6.07, 6.45) is 4.68. The van der Waals surface area contributed by atoms with Gasteiger partial charge in [0.1, 0.15) is 5.00 Å². The number of aromatic nitrogens is 1. The van der Waals surface area contributed by atoms with Crippen LogP contribution in [0.15, 0.2) is 38.5 Å². The SMILES string of the molecule is CCCS(=O)(=O)c1nc(S(=O)(=O)c2ccc(C)cc2)c(NC2CCCCC2C)s1. The number of benzene rings is 1. The number of sulfone groups is 2. The first-order valence-corrected chi connectivity index (χ1v) is 13.9. The van der Waals surface area contributed by atoms with Crippen LogP contribution in [0.5, 0.6) is 0 Å². The predicted octanol–water partition coefficient (Wildman–Crippen LogP) is 4.46. The average Bonchev–Trinajstić information content (AvgIpc) is 3.10. The van der Waals surface area contributed by atoms with Gasteiger partial charge in [0.2, 0.25) is 24.0 Å². The van der Waals surface area contributed by atoms with E-state index >= 15 is 0 Å². The summed E-state index contributed by atoms with van der Waals surface area (Å²) < 4.78 is 51.6. The minimum Gasteiger partial charge on any atom is -0.371 e. The maximum Gasteiger partial charge on any atom is 0.226 e. The molecule has 0 aliphatic heterocycles. The summed E-state index contributed by atoms with van der Waals surface area (Å²) in [5.41, 5.74) is 0.947. The molecular weight excluding hydrogens is 428 g/mol. The van der Waals surface area contributed by atoms with Gasteiger partial charge in [-0.2, -0.15) is 0 Å². The van der Waals surface area contributed by atoms with Gasteiger partial charge in [0, 0.05) is 6.04 Å². The Bertz CT molecular complexity index is 1060. The number of anilines is 1. The molecule has 2 atom stereocenters. The molecule has 29 heavy (non-hydrogen) atoms. The van der Waals surface area contributed by atoms with Crippen LogP contribution in [0.1, 0.15) is 51.5 Å². The molecule has 0 saturated heterocycles. The summed E-state index contributed by atoms with van der Waals surface area (Å²) in [6, 6.07) is 6.64. The van der Waals surface area contributed by atoms with Crippen molar-refractivity contribution in [2.75, 3.05) is 11.1 Å². The molecular formula is C20H28N2O4S3. The molecule has 0 amide bonds. The highest BCUT2D eigenvalue weighted by Crippen LogP contribution is 2.37. The van der Waals surface area contributed by atoms with Gasteiger partial charge in [0.05, 0.1) is 10.6 Å². The number of nitrogens with zero attached hydrogens (tertiary/aromatic N) is 1. The van der Waals surface area contributed by atoms with Crippen LogP contribution in [-0.2, 0) is 19.7 Å². The Kier molecular flexibility index (Phi) is 6.70. The summed E-state index contributed by atoms with van der Waals surface area (Å²) >= 11 is 0.937. The molecule has 1 fully saturated rings. The lowest BCUT2D eigenvalue weighted by atomic mass is 9.86. The number of rotatable bonds is 7. The fraction of sp³-hybridized carbons (Fsp3) is 0.550. The van der Waals surface area contributed by atoms with E-state index in [1.54, 1.807) is 19.1 Å². The number of hydrogen-bond donors (Lipinski definition) is 1. The van der Waals surface area contributed by atoms with Crippen molar-refractivity contribution in [2.24, 2.45) is 5.92 Å². The second-order valence-corrected chi connectivity index (χ2v) is 12.9. The van der Waals surface area contributed by atoms with Crippen molar-refractivity contribution < 1.29 is 16.8 Å². The molecule has 2 unspecified atom stereocenters. The number of thiazole rings is 1. The van der Waals surface area contributed by atoms with Crippen molar-refractivity contribution in [3.8, 4) is 0 Å². The van der Waals surface area contributed by atoms with E-state index in [2.05, 4.69) is 17.2 Å². The van der Waals surface area contributed by atoms with Crippen molar-refractivity contribution in [2.45, 2.75) is 73.2 Å². The smallest absolute Gasteiger partial charge is 0.226 e. The van der Waals surface area contributed by atoms with Crippen LogP contribution in [0.25, 0.3) is 0 Å². The van der Waals surface area contributed by atoms with E-state index < -0.39 is 19.7 Å². The lowest BCUT2D eigenvalue weighted by Crippen LogP contribution is -2.30. The predicted molar refractivity (Wildman–Crippen MR) is 116 cm³/mol. The summed E-state index contributed by atoms with van der Waals surface area (Å²) in [4.78, 5) is 4.26. The summed E-state index contributed by atoms with van der Waals surface area (Å²) in [7, 11) is -7.55. The first kappa shape index (κ1) is 22.2. The third-order valence-electron chi connectivity index (χ3n) is 5.33. The van der Waals surface area contributed by atoms with E-state index in [9.17, 15) is 16.8 Å². The Hall–Kier alpha value is -1.45. The number of aryl methyl sites for hydroxylation is 1. The van der Waals surface area contributed by atoms with Crippen molar-refractivity contribution in [3.05, 3.63) is 29.8 Å². The Morgan fingerprint density at radius 2 is 1.76 bits per heavy atom. The largest absolute Gasteiger partial charge is 0.371 e. The summed E-state index contributed by atoms with van der Waals surface area (Å²) in [6.45, 7) is 5.80. The zero-order valence-electron chi connectivity index (χ0n) is 17.0. The monoisotopic (exact) mass is 456 g/mol. The molecule has 2 aromatic rings. The molecule has 0 radical (unpaired) electrons. The standard InChI is InChI=1S/C20H28N2O4S3/c1-4-13-28(23,24)20-22-19(29(25,26)16-11-9-14(2)10-12-16)18(27-20)21-17-8-6-5-7-15(17)3/h9-12,15,17,21H,4-8,13H2,1-3H3. The molecule has 1 aliphatic carbocycles. The zero-order valence-corrected chi connectivity index (χ0v) is 19.5. The van der Waals surface area contributed by atoms with Gasteiger partial charge in [-0.05, 0) is 44.2 Å². The Morgan fingerprint density at radius 3 is 2.38 bits per heavy atom. The molecule has 1 saturated carbocycles. The minimum atomic E-state index is -3.94. The highest BCUT2D eigenvalue weighted by molar-refractivity contribution is 7.94. The van der Waals surface area contributed by atoms with Crippen molar-refractivity contribution in [1.29, 1.82) is 0 Å². The lowest BCUT2D eigenvalue weighted by Gasteiger charge is -2.29. The van der Waals surface area contributed by atoms with Crippen LogP contribution in [0.4, 0.5) is 5.00 Å². The maximum absolute atomic E-state index is 13.3. The van der Waals surface area contributed by atoms with Crippen LogP contribution in [0.3, 0.4) is 0 Å². The van der Waals surface area contributed by atoms with Gasteiger partial charge in [-0.3, -0.25) is 0 Å². The minimum absolute atomic E-state index is 0.0518. The molecule has 1 aromatic heterocycles. The van der Waals surface area contributed by atoms with E-state index in [1.807, 2.05) is 6.92 Å². The van der Waals surface area contributed by atoms with Crippen molar-refractivity contribution in [1.82, 2.24) is 4.98 Å². The van der Waals surface area contributed by atoms with Gasteiger partial charge in [-0.25, -0.2) is 21.8 Å². The third kappa shape index (κ3) is 4.83. The fourth-order valence-electron chi connectivity index (χ4n) is 3.58. The highest BCUT2D eigenvalue weighted by atomic mass is 32.2. The topological polar surface area (TPSA) is 93.2 Å². The first-order chi connectivity index (χ1) is 13.6. The normalized spacial score (nSPS) is 20.5. The average molecular weight is 457 g/mol. The van der Waals surface area contributed by atoms with E-state index in [1.165, 1.54) is 12.1 Å². The Labute approximate surface area is 177 Å². The fourth-order valence-corrected chi connectivity index (χ4v) is 7.98. The summed E-state index contributed by atoms with van der Waals surface area (Å²) in [5, 5.41) is 3.48. The van der Waals surface area contributed by atoms with E-state index in [0.717, 1.165) is 42.6 Å². The lowest BCUT2D eigenvalue weighted by molar-refractivity contribution is 0.349.